The number of anilines is 1. The van der Waals surface area contributed by atoms with Crippen LogP contribution in [0.25, 0.3) is 0 Å². The van der Waals surface area contributed by atoms with Crippen LogP contribution in [-0.2, 0) is 11.2 Å². The summed E-state index contributed by atoms with van der Waals surface area (Å²) in [7, 11) is 0. The number of ketones is 1. The summed E-state index contributed by atoms with van der Waals surface area (Å²) in [6.45, 7) is 7.56. The molecule has 29 heavy (non-hydrogen) atoms. The van der Waals surface area contributed by atoms with E-state index in [0.29, 0.717) is 18.5 Å². The molecule has 0 atom stereocenters. The Hall–Kier alpha value is -1.84. The van der Waals surface area contributed by atoms with Gasteiger partial charge in [-0.2, -0.15) is 0 Å². The number of hydroxylamine groups is 1. The van der Waals surface area contributed by atoms with Crippen molar-refractivity contribution in [3.05, 3.63) is 39.6 Å². The van der Waals surface area contributed by atoms with Crippen molar-refractivity contribution in [2.75, 3.05) is 18.0 Å². The quantitative estimate of drug-likeness (QED) is 0.349. The van der Waals surface area contributed by atoms with Crippen LogP contribution < -0.4 is 10.4 Å². The van der Waals surface area contributed by atoms with Crippen LogP contribution in [0.5, 0.6) is 0 Å². The van der Waals surface area contributed by atoms with Crippen LogP contribution in [-0.4, -0.2) is 34.9 Å². The molecule has 1 aliphatic heterocycles. The van der Waals surface area contributed by atoms with Gasteiger partial charge in [-0.15, -0.1) is 11.3 Å². The second kappa shape index (κ2) is 11.4. The number of aromatic nitrogens is 1. The number of amidine groups is 1. The lowest BCUT2D eigenvalue weighted by molar-refractivity contribution is -0.117. The number of benzene rings is 1. The van der Waals surface area contributed by atoms with Gasteiger partial charge in [0.05, 0.1) is 10.2 Å². The maximum Gasteiger partial charge on any atom is 0.203 e. The number of piperidine rings is 1. The van der Waals surface area contributed by atoms with E-state index in [-0.39, 0.29) is 22.0 Å². The molecule has 0 aliphatic carbocycles. The van der Waals surface area contributed by atoms with Crippen LogP contribution in [0.1, 0.15) is 38.5 Å². The van der Waals surface area contributed by atoms with Gasteiger partial charge in [0, 0.05) is 30.1 Å². The number of hydrogen-bond donors (Lipinski definition) is 2. The number of hydrogen-bond acceptors (Lipinski definition) is 6. The highest BCUT2D eigenvalue weighted by Crippen LogP contribution is 2.28. The molecule has 2 heterocycles. The average Bonchev–Trinajstić information content (AvgIpc) is 3.25. The lowest BCUT2D eigenvalue weighted by Gasteiger charge is -2.31. The number of Topliss-reactive ketones (excluding diaryl/α,β-unsaturated/α-hetero) is 1. The van der Waals surface area contributed by atoms with Crippen molar-refractivity contribution in [1.29, 1.82) is 0 Å². The number of rotatable bonds is 5. The topological polar surface area (TPSA) is 77.8 Å². The molecule has 0 spiro atoms. The van der Waals surface area contributed by atoms with E-state index in [0.717, 1.165) is 24.6 Å². The molecule has 0 bridgehead atoms. The highest BCUT2D eigenvalue weighted by atomic mass is 79.9. The molecule has 2 aromatic rings. The molecule has 0 amide bonds. The molecule has 1 aromatic carbocycles. The highest BCUT2D eigenvalue weighted by molar-refractivity contribution is 9.10. The second-order valence-electron chi connectivity index (χ2n) is 6.26. The molecule has 0 saturated carbocycles. The summed E-state index contributed by atoms with van der Waals surface area (Å²) in [6, 6.07) is 4.15. The van der Waals surface area contributed by atoms with Gasteiger partial charge in [0.1, 0.15) is 5.82 Å². The van der Waals surface area contributed by atoms with E-state index in [9.17, 15) is 14.4 Å². The normalized spacial score (nSPS) is 15.0. The summed E-state index contributed by atoms with van der Waals surface area (Å²) in [6.07, 6.45) is 4.19. The molecular formula is C20H26BrFN4O2S. The predicted molar refractivity (Wildman–Crippen MR) is 119 cm³/mol. The van der Waals surface area contributed by atoms with Crippen molar-refractivity contribution in [1.82, 2.24) is 10.5 Å². The summed E-state index contributed by atoms with van der Waals surface area (Å²) in [4.78, 5) is 24.7. The molecule has 9 heteroatoms. The van der Waals surface area contributed by atoms with E-state index in [2.05, 4.69) is 37.7 Å². The maximum atomic E-state index is 13.3. The minimum absolute atomic E-state index is 0.130. The first kappa shape index (κ1) is 23.4. The van der Waals surface area contributed by atoms with Crippen molar-refractivity contribution in [3.63, 3.8) is 0 Å². The largest absolute Gasteiger partial charge is 0.348 e. The number of halogens is 2. The zero-order valence-electron chi connectivity index (χ0n) is 16.8. The fourth-order valence-electron chi connectivity index (χ4n) is 2.95. The number of aryl methyl sites for hydroxylation is 1. The van der Waals surface area contributed by atoms with E-state index in [1.807, 2.05) is 25.5 Å². The van der Waals surface area contributed by atoms with Crippen LogP contribution in [0.3, 0.4) is 0 Å². The molecule has 0 radical (unpaired) electrons. The minimum atomic E-state index is -0.417. The Labute approximate surface area is 183 Å². The van der Waals surface area contributed by atoms with Crippen LogP contribution in [0.15, 0.2) is 33.9 Å². The number of carbonyl (C=O) groups is 1. The fourth-order valence-corrected chi connectivity index (χ4v) is 4.22. The SMILES string of the molecule is CC.CCc1cnc(N2CCC(C(=O)C(=Nc3ccc(F)c(Br)c3)NO)CC2)s1. The van der Waals surface area contributed by atoms with E-state index in [1.54, 1.807) is 11.3 Å². The Morgan fingerprint density at radius 3 is 2.66 bits per heavy atom. The predicted octanol–water partition coefficient (Wildman–Crippen LogP) is 5.13. The van der Waals surface area contributed by atoms with Gasteiger partial charge in [0.15, 0.2) is 11.0 Å². The summed E-state index contributed by atoms with van der Waals surface area (Å²) in [5.41, 5.74) is 2.28. The number of nitrogens with one attached hydrogen (secondary N) is 1. The van der Waals surface area contributed by atoms with Crippen LogP contribution >= 0.6 is 27.3 Å². The van der Waals surface area contributed by atoms with Crippen LogP contribution in [0.2, 0.25) is 0 Å². The van der Waals surface area contributed by atoms with E-state index >= 15 is 0 Å². The zero-order chi connectivity index (χ0) is 21.4. The third-order valence-electron chi connectivity index (χ3n) is 4.51. The number of aliphatic imine (C=N–C) groups is 1. The van der Waals surface area contributed by atoms with Crippen LogP contribution in [0.4, 0.5) is 15.2 Å². The van der Waals surface area contributed by atoms with Gasteiger partial charge in [-0.25, -0.2) is 19.8 Å². The number of thiazole rings is 1. The van der Waals surface area contributed by atoms with E-state index in [4.69, 9.17) is 0 Å². The maximum absolute atomic E-state index is 13.3. The average molecular weight is 485 g/mol. The van der Waals surface area contributed by atoms with E-state index in [1.165, 1.54) is 23.1 Å². The Morgan fingerprint density at radius 1 is 1.41 bits per heavy atom. The molecule has 0 unspecified atom stereocenters. The minimum Gasteiger partial charge on any atom is -0.348 e. The Morgan fingerprint density at radius 2 is 2.10 bits per heavy atom. The molecule has 158 valence electrons. The van der Waals surface area contributed by atoms with Gasteiger partial charge in [-0.05, 0) is 53.4 Å². The Kier molecular flexibility index (Phi) is 9.19. The molecular weight excluding hydrogens is 459 g/mol. The number of carbonyl (C=O) groups excluding carboxylic acids is 1. The lowest BCUT2D eigenvalue weighted by atomic mass is 9.92. The van der Waals surface area contributed by atoms with Crippen molar-refractivity contribution in [2.24, 2.45) is 10.9 Å². The fraction of sp³-hybridized carbons (Fsp3) is 0.450. The molecule has 1 aromatic heterocycles. The monoisotopic (exact) mass is 484 g/mol. The van der Waals surface area contributed by atoms with Crippen molar-refractivity contribution < 1.29 is 14.4 Å². The van der Waals surface area contributed by atoms with Gasteiger partial charge >= 0.3 is 0 Å². The van der Waals surface area contributed by atoms with Crippen molar-refractivity contribution >= 4 is 49.7 Å². The second-order valence-corrected chi connectivity index (χ2v) is 8.21. The molecule has 3 rings (SSSR count). The van der Waals surface area contributed by atoms with Gasteiger partial charge in [0.2, 0.25) is 5.78 Å². The summed E-state index contributed by atoms with van der Waals surface area (Å²) >= 11 is 4.77. The molecule has 1 saturated heterocycles. The van der Waals surface area contributed by atoms with E-state index < -0.39 is 5.82 Å². The molecule has 2 N–H and O–H groups in total. The smallest absolute Gasteiger partial charge is 0.203 e. The standard InChI is InChI=1S/C18H20BrFN4O2S.C2H6/c1-2-13-10-21-18(27-13)24-7-5-11(6-8-24)16(25)17(23-26)22-12-3-4-15(20)14(19)9-12;1-2/h3-4,9-11,26H,2,5-8H2,1H3,(H,22,23);1-2H3. The first-order chi connectivity index (χ1) is 14.0. The zero-order valence-corrected chi connectivity index (χ0v) is 19.2. The van der Waals surface area contributed by atoms with Gasteiger partial charge in [-0.1, -0.05) is 20.8 Å². The van der Waals surface area contributed by atoms with Gasteiger partial charge in [0.25, 0.3) is 0 Å². The molecule has 6 nitrogen and oxygen atoms in total. The third kappa shape index (κ3) is 6.07. The van der Waals surface area contributed by atoms with Crippen molar-refractivity contribution in [3.8, 4) is 0 Å². The van der Waals surface area contributed by atoms with Gasteiger partial charge < -0.3 is 4.90 Å². The van der Waals surface area contributed by atoms with Crippen molar-refractivity contribution in [2.45, 2.75) is 40.0 Å². The summed E-state index contributed by atoms with van der Waals surface area (Å²) in [5.74, 6) is -1.02. The van der Waals surface area contributed by atoms with Gasteiger partial charge in [-0.3, -0.25) is 10.0 Å². The third-order valence-corrected chi connectivity index (χ3v) is 6.32. The number of nitrogens with zero attached hydrogens (tertiary/aromatic N) is 3. The van der Waals surface area contributed by atoms with Crippen LogP contribution in [0, 0.1) is 11.7 Å². The first-order valence-electron chi connectivity index (χ1n) is 9.69. The highest BCUT2D eigenvalue weighted by Gasteiger charge is 2.29. The Bertz CT molecular complexity index is 851. The first-order valence-corrected chi connectivity index (χ1v) is 11.3. The summed E-state index contributed by atoms with van der Waals surface area (Å²) < 4.78 is 13.6. The molecule has 1 fully saturated rings. The molecule has 1 aliphatic rings. The Balaban J connectivity index is 0.00000145. The summed E-state index contributed by atoms with van der Waals surface area (Å²) in [5, 5.41) is 10.4. The lowest BCUT2D eigenvalue weighted by Crippen LogP contribution is -2.41.